The van der Waals surface area contributed by atoms with E-state index in [0.717, 1.165) is 0 Å². The molecule has 6 heteroatoms. The van der Waals surface area contributed by atoms with E-state index in [9.17, 15) is 14.4 Å². The highest BCUT2D eigenvalue weighted by atomic mass is 16.6. The lowest BCUT2D eigenvalue weighted by atomic mass is 10.00. The monoisotopic (exact) mass is 259 g/mol. The molecule has 0 saturated carbocycles. The molecule has 0 spiro atoms. The summed E-state index contributed by atoms with van der Waals surface area (Å²) in [5.74, 6) is -1.11. The van der Waals surface area contributed by atoms with Crippen LogP contribution >= 0.6 is 0 Å². The van der Waals surface area contributed by atoms with Crippen LogP contribution in [0.3, 0.4) is 0 Å². The Morgan fingerprint density at radius 3 is 2.28 bits per heavy atom. The number of ether oxygens (including phenoxy) is 2. The average molecular weight is 259 g/mol. The number of carbonyl (C=O) groups excluding carboxylic acids is 3. The standard InChI is InChI=1S/C12H21NO5/c1-8(10(15)17-5)9(6-7-14)13-11(16)18-12(2,3)4/h7-9H,6H2,1-5H3,(H,13,16). The molecule has 104 valence electrons. The molecule has 0 aromatic rings. The van der Waals surface area contributed by atoms with Crippen LogP contribution in [0.15, 0.2) is 0 Å². The van der Waals surface area contributed by atoms with Crippen molar-refractivity contribution in [3.05, 3.63) is 0 Å². The van der Waals surface area contributed by atoms with Crippen LogP contribution in [0.4, 0.5) is 4.79 Å². The second-order valence-corrected chi connectivity index (χ2v) is 4.97. The predicted molar refractivity (Wildman–Crippen MR) is 65.0 cm³/mol. The van der Waals surface area contributed by atoms with E-state index in [4.69, 9.17) is 4.74 Å². The van der Waals surface area contributed by atoms with Gasteiger partial charge in [-0.1, -0.05) is 0 Å². The lowest BCUT2D eigenvalue weighted by Crippen LogP contribution is -2.45. The molecular weight excluding hydrogens is 238 g/mol. The number of esters is 1. The molecule has 0 aliphatic heterocycles. The minimum atomic E-state index is -0.662. The lowest BCUT2D eigenvalue weighted by Gasteiger charge is -2.25. The van der Waals surface area contributed by atoms with Crippen molar-refractivity contribution in [2.24, 2.45) is 5.92 Å². The normalized spacial score (nSPS) is 14.3. The molecule has 6 nitrogen and oxygen atoms in total. The van der Waals surface area contributed by atoms with Crippen molar-refractivity contribution in [2.45, 2.75) is 45.8 Å². The largest absolute Gasteiger partial charge is 0.469 e. The van der Waals surface area contributed by atoms with Gasteiger partial charge in [0, 0.05) is 6.42 Å². The van der Waals surface area contributed by atoms with Gasteiger partial charge >= 0.3 is 12.1 Å². The number of nitrogens with one attached hydrogen (secondary N) is 1. The third kappa shape index (κ3) is 6.22. The Hall–Kier alpha value is -1.59. The van der Waals surface area contributed by atoms with E-state index >= 15 is 0 Å². The van der Waals surface area contributed by atoms with Crippen LogP contribution in [0.25, 0.3) is 0 Å². The zero-order chi connectivity index (χ0) is 14.3. The van der Waals surface area contributed by atoms with Crippen molar-refractivity contribution in [3.8, 4) is 0 Å². The summed E-state index contributed by atoms with van der Waals surface area (Å²) in [6.07, 6.45) is 0.00173. The molecule has 0 radical (unpaired) electrons. The Morgan fingerprint density at radius 1 is 1.33 bits per heavy atom. The summed E-state index contributed by atoms with van der Waals surface area (Å²) in [5, 5.41) is 2.50. The first-order chi connectivity index (χ1) is 8.21. The van der Waals surface area contributed by atoms with Gasteiger partial charge in [-0.15, -0.1) is 0 Å². The maximum Gasteiger partial charge on any atom is 0.407 e. The number of hydrogen-bond donors (Lipinski definition) is 1. The topological polar surface area (TPSA) is 81.7 Å². The Bertz CT molecular complexity index is 308. The smallest absolute Gasteiger partial charge is 0.407 e. The molecule has 0 rings (SSSR count). The van der Waals surface area contributed by atoms with Crippen LogP contribution in [-0.2, 0) is 19.1 Å². The van der Waals surface area contributed by atoms with Crippen LogP contribution in [-0.4, -0.2) is 37.1 Å². The van der Waals surface area contributed by atoms with E-state index in [1.54, 1.807) is 27.7 Å². The summed E-state index contributed by atoms with van der Waals surface area (Å²) in [5.41, 5.74) is -0.635. The number of aldehydes is 1. The van der Waals surface area contributed by atoms with Gasteiger partial charge in [0.1, 0.15) is 11.9 Å². The Kier molecular flexibility index (Phi) is 6.36. The molecule has 18 heavy (non-hydrogen) atoms. The van der Waals surface area contributed by atoms with Crippen LogP contribution in [0, 0.1) is 5.92 Å². The molecule has 0 aliphatic rings. The first-order valence-corrected chi connectivity index (χ1v) is 5.72. The van der Waals surface area contributed by atoms with Crippen molar-refractivity contribution < 1.29 is 23.9 Å². The zero-order valence-electron chi connectivity index (χ0n) is 11.5. The number of methoxy groups -OCH3 is 1. The summed E-state index contributed by atoms with van der Waals surface area (Å²) in [4.78, 5) is 33.5. The summed E-state index contributed by atoms with van der Waals surface area (Å²) in [6, 6.07) is -0.634. The third-order valence-electron chi connectivity index (χ3n) is 2.23. The summed E-state index contributed by atoms with van der Waals surface area (Å²) >= 11 is 0. The first-order valence-electron chi connectivity index (χ1n) is 5.72. The minimum absolute atomic E-state index is 0.0233. The van der Waals surface area contributed by atoms with Crippen molar-refractivity contribution in [1.82, 2.24) is 5.32 Å². The lowest BCUT2D eigenvalue weighted by molar-refractivity contribution is -0.145. The number of carbonyl (C=O) groups is 3. The van der Waals surface area contributed by atoms with E-state index in [1.807, 2.05) is 0 Å². The number of hydrogen-bond acceptors (Lipinski definition) is 5. The molecular formula is C12H21NO5. The van der Waals surface area contributed by atoms with Crippen molar-refractivity contribution in [2.75, 3.05) is 7.11 Å². The summed E-state index contributed by atoms with van der Waals surface area (Å²) in [6.45, 7) is 6.76. The molecule has 0 fully saturated rings. The molecule has 1 N–H and O–H groups in total. The Labute approximate surface area is 107 Å². The van der Waals surface area contributed by atoms with Gasteiger partial charge in [-0.05, 0) is 27.7 Å². The maximum absolute atomic E-state index is 11.6. The fourth-order valence-corrected chi connectivity index (χ4v) is 1.30. The number of rotatable bonds is 5. The maximum atomic E-state index is 11.6. The van der Waals surface area contributed by atoms with Gasteiger partial charge in [-0.3, -0.25) is 4.79 Å². The molecule has 0 bridgehead atoms. The van der Waals surface area contributed by atoms with Crippen molar-refractivity contribution >= 4 is 18.3 Å². The highest BCUT2D eigenvalue weighted by Crippen LogP contribution is 2.11. The Balaban J connectivity index is 4.57. The average Bonchev–Trinajstić information content (AvgIpc) is 2.23. The van der Waals surface area contributed by atoms with Gasteiger partial charge in [-0.25, -0.2) is 4.79 Å². The molecule has 0 aromatic heterocycles. The van der Waals surface area contributed by atoms with E-state index in [0.29, 0.717) is 6.29 Å². The van der Waals surface area contributed by atoms with E-state index < -0.39 is 29.6 Å². The van der Waals surface area contributed by atoms with Crippen molar-refractivity contribution in [1.29, 1.82) is 0 Å². The van der Waals surface area contributed by atoms with Gasteiger partial charge in [0.05, 0.1) is 19.1 Å². The second kappa shape index (κ2) is 6.98. The van der Waals surface area contributed by atoms with E-state index in [1.165, 1.54) is 7.11 Å². The molecule has 0 saturated heterocycles. The fourth-order valence-electron chi connectivity index (χ4n) is 1.30. The van der Waals surface area contributed by atoms with E-state index in [2.05, 4.69) is 10.1 Å². The highest BCUT2D eigenvalue weighted by molar-refractivity contribution is 5.75. The summed E-state index contributed by atoms with van der Waals surface area (Å²) < 4.78 is 9.63. The summed E-state index contributed by atoms with van der Waals surface area (Å²) in [7, 11) is 1.25. The SMILES string of the molecule is COC(=O)C(C)C(CC=O)NC(=O)OC(C)(C)C. The van der Waals surface area contributed by atoms with Crippen LogP contribution in [0.1, 0.15) is 34.1 Å². The van der Waals surface area contributed by atoms with Gasteiger partial charge < -0.3 is 19.6 Å². The third-order valence-corrected chi connectivity index (χ3v) is 2.23. The van der Waals surface area contributed by atoms with Crippen molar-refractivity contribution in [3.63, 3.8) is 0 Å². The molecule has 0 aromatic carbocycles. The van der Waals surface area contributed by atoms with Gasteiger partial charge in [0.15, 0.2) is 0 Å². The van der Waals surface area contributed by atoms with Gasteiger partial charge in [0.25, 0.3) is 0 Å². The van der Waals surface area contributed by atoms with Crippen LogP contribution in [0.2, 0.25) is 0 Å². The Morgan fingerprint density at radius 2 is 1.89 bits per heavy atom. The number of amides is 1. The quantitative estimate of drug-likeness (QED) is 0.594. The van der Waals surface area contributed by atoms with E-state index in [-0.39, 0.29) is 6.42 Å². The number of alkyl carbamates (subject to hydrolysis) is 1. The fraction of sp³-hybridized carbons (Fsp3) is 0.750. The molecule has 0 heterocycles. The van der Waals surface area contributed by atoms with Gasteiger partial charge in [0.2, 0.25) is 0 Å². The molecule has 0 aliphatic carbocycles. The van der Waals surface area contributed by atoms with Crippen LogP contribution in [0.5, 0.6) is 0 Å². The minimum Gasteiger partial charge on any atom is -0.469 e. The molecule has 2 unspecified atom stereocenters. The second-order valence-electron chi connectivity index (χ2n) is 4.97. The highest BCUT2D eigenvalue weighted by Gasteiger charge is 2.27. The molecule has 2 atom stereocenters. The molecule has 1 amide bonds. The zero-order valence-corrected chi connectivity index (χ0v) is 11.5. The first kappa shape index (κ1) is 16.4. The van der Waals surface area contributed by atoms with Crippen LogP contribution < -0.4 is 5.32 Å². The predicted octanol–water partition coefficient (Wildman–Crippen LogP) is 1.28. The van der Waals surface area contributed by atoms with Gasteiger partial charge in [-0.2, -0.15) is 0 Å².